The first-order valence-corrected chi connectivity index (χ1v) is 7.54. The minimum atomic E-state index is -0.0421. The van der Waals surface area contributed by atoms with Crippen molar-refractivity contribution in [1.29, 1.82) is 0 Å². The van der Waals surface area contributed by atoms with E-state index in [-0.39, 0.29) is 11.8 Å². The van der Waals surface area contributed by atoms with Gasteiger partial charge >= 0.3 is 0 Å². The monoisotopic (exact) mass is 310 g/mol. The number of carbonyl (C=O) groups excluding carboxylic acids is 1. The molecule has 3 heterocycles. The molecule has 3 rings (SSSR count). The summed E-state index contributed by atoms with van der Waals surface area (Å²) < 4.78 is 0. The SMILES string of the molecule is C=CC(=O)N1CCCC(c2nccnc2Nc2ncccn2)C1. The quantitative estimate of drug-likeness (QED) is 0.868. The maximum atomic E-state index is 11.9. The highest BCUT2D eigenvalue weighted by Crippen LogP contribution is 2.30. The second kappa shape index (κ2) is 6.95. The van der Waals surface area contributed by atoms with E-state index in [0.717, 1.165) is 25.1 Å². The largest absolute Gasteiger partial charge is 0.339 e. The summed E-state index contributed by atoms with van der Waals surface area (Å²) in [5.41, 5.74) is 0.835. The molecule has 0 aliphatic carbocycles. The van der Waals surface area contributed by atoms with Gasteiger partial charge in [0.25, 0.3) is 0 Å². The molecule has 0 aromatic carbocycles. The van der Waals surface area contributed by atoms with Crippen LogP contribution in [0.3, 0.4) is 0 Å². The molecule has 1 atom stereocenters. The zero-order chi connectivity index (χ0) is 16.1. The van der Waals surface area contributed by atoms with Crippen LogP contribution in [0.4, 0.5) is 11.8 Å². The second-order valence-corrected chi connectivity index (χ2v) is 5.32. The molecule has 1 aliphatic heterocycles. The van der Waals surface area contributed by atoms with Crippen LogP contribution in [-0.2, 0) is 4.79 Å². The summed E-state index contributed by atoms with van der Waals surface area (Å²) in [6, 6.07) is 1.75. The lowest BCUT2D eigenvalue weighted by Gasteiger charge is -2.32. The fourth-order valence-electron chi connectivity index (χ4n) is 2.74. The molecule has 0 bridgehead atoms. The minimum absolute atomic E-state index is 0.0421. The fourth-order valence-corrected chi connectivity index (χ4v) is 2.74. The number of likely N-dealkylation sites (tertiary alicyclic amines) is 1. The first-order valence-electron chi connectivity index (χ1n) is 7.54. The van der Waals surface area contributed by atoms with Crippen molar-refractivity contribution in [2.24, 2.45) is 0 Å². The molecule has 0 spiro atoms. The molecule has 2 aromatic heterocycles. The summed E-state index contributed by atoms with van der Waals surface area (Å²) in [6.07, 6.45) is 9.87. The maximum Gasteiger partial charge on any atom is 0.245 e. The molecule has 0 radical (unpaired) electrons. The number of hydrogen-bond donors (Lipinski definition) is 1. The van der Waals surface area contributed by atoms with Crippen molar-refractivity contribution in [1.82, 2.24) is 24.8 Å². The van der Waals surface area contributed by atoms with Gasteiger partial charge in [-0.2, -0.15) is 0 Å². The predicted molar refractivity (Wildman–Crippen MR) is 86.1 cm³/mol. The van der Waals surface area contributed by atoms with Crippen LogP contribution in [0, 0.1) is 0 Å². The molecule has 1 unspecified atom stereocenters. The number of aromatic nitrogens is 4. The Morgan fingerprint density at radius 2 is 2.00 bits per heavy atom. The summed E-state index contributed by atoms with van der Waals surface area (Å²) in [7, 11) is 0. The van der Waals surface area contributed by atoms with E-state index < -0.39 is 0 Å². The van der Waals surface area contributed by atoms with Gasteiger partial charge in [0.1, 0.15) is 0 Å². The van der Waals surface area contributed by atoms with Gasteiger partial charge in [0, 0.05) is 43.8 Å². The van der Waals surface area contributed by atoms with Crippen molar-refractivity contribution in [3.05, 3.63) is 49.2 Å². The van der Waals surface area contributed by atoms with Crippen molar-refractivity contribution in [3.8, 4) is 0 Å². The molecule has 1 amide bonds. The third-order valence-electron chi connectivity index (χ3n) is 3.82. The van der Waals surface area contributed by atoms with Crippen molar-refractivity contribution >= 4 is 17.7 Å². The zero-order valence-corrected chi connectivity index (χ0v) is 12.7. The van der Waals surface area contributed by atoms with Gasteiger partial charge in [-0.3, -0.25) is 9.78 Å². The summed E-state index contributed by atoms with van der Waals surface area (Å²) in [5.74, 6) is 1.20. The van der Waals surface area contributed by atoms with E-state index in [1.165, 1.54) is 6.08 Å². The molecule has 118 valence electrons. The minimum Gasteiger partial charge on any atom is -0.339 e. The summed E-state index contributed by atoms with van der Waals surface area (Å²) in [5, 5.41) is 3.11. The number of carbonyl (C=O) groups is 1. The van der Waals surface area contributed by atoms with Crippen LogP contribution in [0.5, 0.6) is 0 Å². The van der Waals surface area contributed by atoms with Crippen LogP contribution in [0.1, 0.15) is 24.5 Å². The lowest BCUT2D eigenvalue weighted by atomic mass is 9.94. The molecule has 1 saturated heterocycles. The van der Waals surface area contributed by atoms with Crippen LogP contribution >= 0.6 is 0 Å². The van der Waals surface area contributed by atoms with Crippen LogP contribution in [0.2, 0.25) is 0 Å². The van der Waals surface area contributed by atoms with Gasteiger partial charge in [0.2, 0.25) is 11.9 Å². The average molecular weight is 310 g/mol. The molecule has 1 fully saturated rings. The van der Waals surface area contributed by atoms with Gasteiger partial charge in [-0.15, -0.1) is 0 Å². The smallest absolute Gasteiger partial charge is 0.245 e. The number of rotatable bonds is 4. The van der Waals surface area contributed by atoms with E-state index in [4.69, 9.17) is 0 Å². The van der Waals surface area contributed by atoms with Crippen LogP contribution in [0.25, 0.3) is 0 Å². The number of amides is 1. The first kappa shape index (κ1) is 15.1. The summed E-state index contributed by atoms with van der Waals surface area (Å²) in [4.78, 5) is 30.8. The van der Waals surface area contributed by atoms with Gasteiger partial charge in [-0.25, -0.2) is 15.0 Å². The second-order valence-electron chi connectivity index (χ2n) is 5.32. The van der Waals surface area contributed by atoms with E-state index in [0.29, 0.717) is 18.3 Å². The highest BCUT2D eigenvalue weighted by atomic mass is 16.2. The third-order valence-corrected chi connectivity index (χ3v) is 3.82. The lowest BCUT2D eigenvalue weighted by molar-refractivity contribution is -0.127. The number of anilines is 2. The molecular weight excluding hydrogens is 292 g/mol. The molecule has 1 aliphatic rings. The number of hydrogen-bond acceptors (Lipinski definition) is 6. The van der Waals surface area contributed by atoms with Crippen LogP contribution < -0.4 is 5.32 Å². The summed E-state index contributed by atoms with van der Waals surface area (Å²) >= 11 is 0. The fraction of sp³-hybridized carbons (Fsp3) is 0.312. The highest BCUT2D eigenvalue weighted by molar-refractivity contribution is 5.87. The molecular formula is C16H18N6O. The Bertz CT molecular complexity index is 690. The van der Waals surface area contributed by atoms with E-state index in [2.05, 4.69) is 31.8 Å². The third kappa shape index (κ3) is 3.50. The molecule has 2 aromatic rings. The van der Waals surface area contributed by atoms with E-state index in [1.807, 2.05) is 0 Å². The molecule has 7 heteroatoms. The number of nitrogens with one attached hydrogen (secondary N) is 1. The van der Waals surface area contributed by atoms with Gasteiger partial charge < -0.3 is 10.2 Å². The van der Waals surface area contributed by atoms with Crippen molar-refractivity contribution < 1.29 is 4.79 Å². The predicted octanol–water partition coefficient (Wildman–Crippen LogP) is 1.90. The van der Waals surface area contributed by atoms with Crippen molar-refractivity contribution in [3.63, 3.8) is 0 Å². The summed E-state index contributed by atoms with van der Waals surface area (Å²) in [6.45, 7) is 4.93. The number of nitrogens with zero attached hydrogens (tertiary/aromatic N) is 5. The van der Waals surface area contributed by atoms with Gasteiger partial charge in [-0.05, 0) is 25.0 Å². The average Bonchev–Trinajstić information content (AvgIpc) is 2.62. The van der Waals surface area contributed by atoms with Crippen molar-refractivity contribution in [2.45, 2.75) is 18.8 Å². The van der Waals surface area contributed by atoms with E-state index in [1.54, 1.807) is 35.8 Å². The van der Waals surface area contributed by atoms with Crippen LogP contribution in [-0.4, -0.2) is 43.8 Å². The molecule has 1 N–H and O–H groups in total. The van der Waals surface area contributed by atoms with Crippen LogP contribution in [0.15, 0.2) is 43.5 Å². The Balaban J connectivity index is 1.82. The number of piperidine rings is 1. The maximum absolute atomic E-state index is 11.9. The Morgan fingerprint density at radius 1 is 1.22 bits per heavy atom. The van der Waals surface area contributed by atoms with Gasteiger partial charge in [-0.1, -0.05) is 6.58 Å². The first-order chi connectivity index (χ1) is 11.3. The molecule has 23 heavy (non-hydrogen) atoms. The molecule has 7 nitrogen and oxygen atoms in total. The molecule has 0 saturated carbocycles. The Morgan fingerprint density at radius 3 is 2.78 bits per heavy atom. The lowest BCUT2D eigenvalue weighted by Crippen LogP contribution is -2.38. The van der Waals surface area contributed by atoms with E-state index in [9.17, 15) is 4.79 Å². The normalized spacial score (nSPS) is 17.6. The topological polar surface area (TPSA) is 83.9 Å². The Hall–Kier alpha value is -2.83. The van der Waals surface area contributed by atoms with Gasteiger partial charge in [0.15, 0.2) is 5.82 Å². The zero-order valence-electron chi connectivity index (χ0n) is 12.7. The van der Waals surface area contributed by atoms with E-state index >= 15 is 0 Å². The standard InChI is InChI=1S/C16H18N6O/c1-2-13(23)22-10-3-5-12(11-22)14-15(18-9-8-17-14)21-16-19-6-4-7-20-16/h2,4,6-9,12H,1,3,5,10-11H2,(H,18,19,20,21). The Kier molecular flexibility index (Phi) is 4.56. The van der Waals surface area contributed by atoms with Crippen molar-refractivity contribution in [2.75, 3.05) is 18.4 Å². The van der Waals surface area contributed by atoms with Gasteiger partial charge in [0.05, 0.1) is 5.69 Å². The Labute approximate surface area is 134 Å². The highest BCUT2D eigenvalue weighted by Gasteiger charge is 2.26.